The molecule has 4 nitrogen and oxygen atoms in total. The number of halogens is 4. The molecule has 0 aromatic heterocycles. The van der Waals surface area contributed by atoms with Gasteiger partial charge in [0.1, 0.15) is 0 Å². The smallest absolute Gasteiger partial charge is 0.387 e. The first-order chi connectivity index (χ1) is 11.2. The van der Waals surface area contributed by atoms with Crippen LogP contribution in [0.5, 0.6) is 11.5 Å². The van der Waals surface area contributed by atoms with E-state index in [9.17, 15) is 27.9 Å². The van der Waals surface area contributed by atoms with Crippen molar-refractivity contribution in [3.63, 3.8) is 0 Å². The van der Waals surface area contributed by atoms with Crippen LogP contribution in [0.2, 0.25) is 0 Å². The van der Waals surface area contributed by atoms with Gasteiger partial charge in [0.25, 0.3) is 0 Å². The number of nitrogens with zero attached hydrogens (tertiary/aromatic N) is 1. The molecule has 1 aromatic rings. The molecule has 1 aliphatic carbocycles. The zero-order valence-corrected chi connectivity index (χ0v) is 12.9. The summed E-state index contributed by atoms with van der Waals surface area (Å²) < 4.78 is 58.2. The Hall–Kier alpha value is -2.01. The predicted octanol–water partition coefficient (Wildman–Crippen LogP) is 3.98. The lowest BCUT2D eigenvalue weighted by Crippen LogP contribution is -2.38. The van der Waals surface area contributed by atoms with Crippen LogP contribution in [0.1, 0.15) is 38.2 Å². The van der Waals surface area contributed by atoms with Gasteiger partial charge in [0.15, 0.2) is 11.5 Å². The number of aliphatic hydroxyl groups is 1. The quantitative estimate of drug-likeness (QED) is 0.819. The molecular formula is C16H17F4NO3. The average Bonchev–Trinajstić information content (AvgIpc) is 2.49. The number of alkyl halides is 4. The van der Waals surface area contributed by atoms with E-state index >= 15 is 0 Å². The molecule has 24 heavy (non-hydrogen) atoms. The number of hydrogen-bond donors (Lipinski definition) is 1. The lowest BCUT2D eigenvalue weighted by molar-refractivity contribution is -0.0693. The third-order valence-electron chi connectivity index (χ3n) is 4.32. The van der Waals surface area contributed by atoms with Crippen LogP contribution in [0.4, 0.5) is 17.6 Å². The van der Waals surface area contributed by atoms with Gasteiger partial charge in [-0.15, -0.1) is 0 Å². The molecule has 1 aliphatic rings. The predicted molar refractivity (Wildman–Crippen MR) is 76.1 cm³/mol. The molecule has 0 atom stereocenters. The van der Waals surface area contributed by atoms with Gasteiger partial charge in [-0.3, -0.25) is 0 Å². The van der Waals surface area contributed by atoms with Crippen LogP contribution in [-0.4, -0.2) is 23.9 Å². The summed E-state index contributed by atoms with van der Waals surface area (Å²) in [6, 6.07) is 5.78. The topological polar surface area (TPSA) is 62.5 Å². The van der Waals surface area contributed by atoms with Gasteiger partial charge < -0.3 is 14.6 Å². The minimum atomic E-state index is -3.22. The fraction of sp³-hybridized carbons (Fsp3) is 0.562. The molecule has 0 aliphatic heterocycles. The molecule has 0 amide bonds. The van der Waals surface area contributed by atoms with E-state index in [1.807, 2.05) is 0 Å². The highest BCUT2D eigenvalue weighted by Gasteiger charge is 2.41. The molecule has 8 heteroatoms. The summed E-state index contributed by atoms with van der Waals surface area (Å²) in [5.74, 6) is -1.07. The second-order valence-electron chi connectivity index (χ2n) is 6.11. The molecule has 1 N–H and O–H groups in total. The molecule has 0 radical (unpaired) electrons. The van der Waals surface area contributed by atoms with Crippen LogP contribution in [0.25, 0.3) is 0 Å². The Morgan fingerprint density at radius 3 is 2.08 bits per heavy atom. The number of nitriles is 1. The molecule has 0 spiro atoms. The van der Waals surface area contributed by atoms with E-state index in [1.54, 1.807) is 6.92 Å². The molecule has 1 aromatic carbocycles. The van der Waals surface area contributed by atoms with Crippen LogP contribution in [0, 0.1) is 11.3 Å². The zero-order chi connectivity index (χ0) is 18.0. The van der Waals surface area contributed by atoms with Crippen molar-refractivity contribution < 1.29 is 32.1 Å². The van der Waals surface area contributed by atoms with Crippen molar-refractivity contribution in [2.45, 2.75) is 56.8 Å². The number of rotatable bonds is 5. The van der Waals surface area contributed by atoms with Crippen molar-refractivity contribution in [1.29, 1.82) is 5.26 Å². The average molecular weight is 347 g/mol. The lowest BCUT2D eigenvalue weighted by atomic mass is 9.66. The van der Waals surface area contributed by atoms with Gasteiger partial charge in [-0.2, -0.15) is 22.8 Å². The van der Waals surface area contributed by atoms with Gasteiger partial charge in [0, 0.05) is 0 Å². The molecule has 0 bridgehead atoms. The first kappa shape index (κ1) is 18.3. The summed E-state index contributed by atoms with van der Waals surface area (Å²) in [5, 5.41) is 19.6. The van der Waals surface area contributed by atoms with E-state index in [0.717, 1.165) is 12.1 Å². The summed E-state index contributed by atoms with van der Waals surface area (Å²) in [5.41, 5.74) is -1.51. The minimum absolute atomic E-state index is 0.319. The van der Waals surface area contributed by atoms with E-state index in [-0.39, 0.29) is 0 Å². The van der Waals surface area contributed by atoms with Crippen molar-refractivity contribution in [2.75, 3.05) is 0 Å². The fourth-order valence-corrected chi connectivity index (χ4v) is 2.87. The Kier molecular flexibility index (Phi) is 5.23. The highest BCUT2D eigenvalue weighted by molar-refractivity contribution is 5.47. The Morgan fingerprint density at radius 2 is 1.58 bits per heavy atom. The third-order valence-corrected chi connectivity index (χ3v) is 4.32. The minimum Gasteiger partial charge on any atom is -0.431 e. The second kappa shape index (κ2) is 6.85. The fourth-order valence-electron chi connectivity index (χ4n) is 2.87. The third kappa shape index (κ3) is 4.09. The summed E-state index contributed by atoms with van der Waals surface area (Å²) in [4.78, 5) is 0. The second-order valence-corrected chi connectivity index (χ2v) is 6.11. The van der Waals surface area contributed by atoms with E-state index in [4.69, 9.17) is 0 Å². The summed E-state index contributed by atoms with van der Waals surface area (Å²) in [7, 11) is 0. The molecule has 0 unspecified atom stereocenters. The first-order valence-corrected chi connectivity index (χ1v) is 7.35. The monoisotopic (exact) mass is 347 g/mol. The van der Waals surface area contributed by atoms with E-state index in [0.29, 0.717) is 31.2 Å². The molecule has 0 heterocycles. The van der Waals surface area contributed by atoms with Crippen LogP contribution in [-0.2, 0) is 5.41 Å². The Labute approximate surface area is 136 Å². The summed E-state index contributed by atoms with van der Waals surface area (Å²) >= 11 is 0. The first-order valence-electron chi connectivity index (χ1n) is 7.35. The van der Waals surface area contributed by atoms with Crippen molar-refractivity contribution in [3.8, 4) is 17.6 Å². The SMILES string of the molecule is C[C@]1(O)CC[C@](C#N)(c2ccc(OC(F)F)c(OC(F)F)c2)CC1. The highest BCUT2D eigenvalue weighted by atomic mass is 19.3. The van der Waals surface area contributed by atoms with E-state index in [2.05, 4.69) is 15.5 Å². The van der Waals surface area contributed by atoms with Crippen molar-refractivity contribution >= 4 is 0 Å². The van der Waals surface area contributed by atoms with Gasteiger partial charge in [0.2, 0.25) is 0 Å². The van der Waals surface area contributed by atoms with Crippen molar-refractivity contribution in [3.05, 3.63) is 23.8 Å². The van der Waals surface area contributed by atoms with Gasteiger partial charge >= 0.3 is 13.2 Å². The summed E-state index contributed by atoms with van der Waals surface area (Å²) in [6.45, 7) is -4.74. The van der Waals surface area contributed by atoms with E-state index < -0.39 is 35.7 Å². The number of benzene rings is 1. The zero-order valence-electron chi connectivity index (χ0n) is 12.9. The molecule has 2 rings (SSSR count). The van der Waals surface area contributed by atoms with Crippen LogP contribution in [0.3, 0.4) is 0 Å². The normalized spacial score (nSPS) is 27.1. The van der Waals surface area contributed by atoms with Crippen LogP contribution >= 0.6 is 0 Å². The van der Waals surface area contributed by atoms with Crippen molar-refractivity contribution in [2.24, 2.45) is 0 Å². The maximum absolute atomic E-state index is 12.5. The highest BCUT2D eigenvalue weighted by Crippen LogP contribution is 2.45. The lowest BCUT2D eigenvalue weighted by Gasteiger charge is -2.38. The van der Waals surface area contributed by atoms with Gasteiger partial charge in [-0.25, -0.2) is 0 Å². The van der Waals surface area contributed by atoms with Gasteiger partial charge in [0.05, 0.1) is 17.1 Å². The Morgan fingerprint density at radius 1 is 1.04 bits per heavy atom. The standard InChI is InChI=1S/C16H17F4NO3/c1-15(22)4-6-16(9-21,7-5-15)10-2-3-11(23-13(17)18)12(8-10)24-14(19)20/h2-3,8,13-14,22H,4-7H2,1H3/t15-,16-. The van der Waals surface area contributed by atoms with Crippen molar-refractivity contribution in [1.82, 2.24) is 0 Å². The van der Waals surface area contributed by atoms with E-state index in [1.165, 1.54) is 6.07 Å². The van der Waals surface area contributed by atoms with Crippen LogP contribution in [0.15, 0.2) is 18.2 Å². The largest absolute Gasteiger partial charge is 0.431 e. The number of hydrogen-bond acceptors (Lipinski definition) is 4. The molecule has 132 valence electrons. The molecule has 1 saturated carbocycles. The van der Waals surface area contributed by atoms with Gasteiger partial charge in [-0.1, -0.05) is 6.07 Å². The molecule has 0 saturated heterocycles. The molecule has 1 fully saturated rings. The van der Waals surface area contributed by atoms with Gasteiger partial charge in [-0.05, 0) is 50.3 Å². The maximum atomic E-state index is 12.5. The Bertz CT molecular complexity index is 618. The number of ether oxygens (including phenoxy) is 2. The molecular weight excluding hydrogens is 330 g/mol. The Balaban J connectivity index is 2.37. The summed E-state index contributed by atoms with van der Waals surface area (Å²) in [6.07, 6.45) is 1.36. The maximum Gasteiger partial charge on any atom is 0.387 e. The van der Waals surface area contributed by atoms with Crippen LogP contribution < -0.4 is 9.47 Å².